The van der Waals surface area contributed by atoms with Gasteiger partial charge in [-0.2, -0.15) is 0 Å². The molecule has 5 heteroatoms. The van der Waals surface area contributed by atoms with E-state index in [-0.39, 0.29) is 18.4 Å². The fourth-order valence-electron chi connectivity index (χ4n) is 2.62. The number of hydrogen-bond acceptors (Lipinski definition) is 4. The third kappa shape index (κ3) is 2.44. The summed E-state index contributed by atoms with van der Waals surface area (Å²) in [5.74, 6) is 5.09. The van der Waals surface area contributed by atoms with Crippen molar-refractivity contribution in [1.29, 1.82) is 0 Å². The summed E-state index contributed by atoms with van der Waals surface area (Å²) in [6.07, 6.45) is 0.482. The number of anilines is 1. The van der Waals surface area contributed by atoms with Gasteiger partial charge in [0.2, 0.25) is 0 Å². The highest BCUT2D eigenvalue weighted by Crippen LogP contribution is 2.33. The van der Waals surface area contributed by atoms with Crippen molar-refractivity contribution in [1.82, 2.24) is 0 Å². The van der Waals surface area contributed by atoms with Gasteiger partial charge in [0.1, 0.15) is 12.2 Å². The minimum absolute atomic E-state index is 0.0191. The molecule has 2 fully saturated rings. The van der Waals surface area contributed by atoms with Gasteiger partial charge in [0.15, 0.2) is 0 Å². The van der Waals surface area contributed by atoms with Crippen LogP contribution in [0.4, 0.5) is 5.69 Å². The highest BCUT2D eigenvalue weighted by atomic mass is 16.5. The lowest BCUT2D eigenvalue weighted by atomic mass is 10.1. The van der Waals surface area contributed by atoms with Gasteiger partial charge in [0.05, 0.1) is 12.3 Å². The van der Waals surface area contributed by atoms with Crippen molar-refractivity contribution in [3.63, 3.8) is 0 Å². The van der Waals surface area contributed by atoms with E-state index in [1.54, 1.807) is 24.3 Å². The molecule has 1 aromatic rings. The van der Waals surface area contributed by atoms with E-state index in [0.29, 0.717) is 30.5 Å². The number of carbonyl (C=O) groups is 2. The molecule has 2 aliphatic heterocycles. The Labute approximate surface area is 122 Å². The summed E-state index contributed by atoms with van der Waals surface area (Å²) in [6, 6.07) is 7.04. The summed E-state index contributed by atoms with van der Waals surface area (Å²) in [5, 5.41) is 8.79. The van der Waals surface area contributed by atoms with E-state index >= 15 is 0 Å². The monoisotopic (exact) mass is 285 g/mol. The van der Waals surface area contributed by atoms with Crippen LogP contribution in [-0.2, 0) is 14.3 Å². The zero-order chi connectivity index (χ0) is 14.8. The first-order valence-electron chi connectivity index (χ1n) is 6.94. The predicted molar refractivity (Wildman–Crippen MR) is 75.4 cm³/mol. The number of carbonyl (C=O) groups excluding carboxylic acids is 2. The van der Waals surface area contributed by atoms with E-state index in [4.69, 9.17) is 9.84 Å². The van der Waals surface area contributed by atoms with E-state index < -0.39 is 12.2 Å². The number of imide groups is 1. The van der Waals surface area contributed by atoms with Crippen molar-refractivity contribution < 1.29 is 19.4 Å². The Kier molecular flexibility index (Phi) is 3.74. The molecule has 1 N–H and O–H groups in total. The quantitative estimate of drug-likeness (QED) is 0.646. The van der Waals surface area contributed by atoms with Crippen LogP contribution in [0.5, 0.6) is 0 Å². The van der Waals surface area contributed by atoms with Gasteiger partial charge < -0.3 is 9.84 Å². The van der Waals surface area contributed by atoms with Gasteiger partial charge in [-0.1, -0.05) is 24.0 Å². The van der Waals surface area contributed by atoms with Crippen molar-refractivity contribution >= 4 is 17.5 Å². The van der Waals surface area contributed by atoms with Gasteiger partial charge in [-0.3, -0.25) is 9.59 Å². The molecule has 108 valence electrons. The Morgan fingerprint density at radius 3 is 2.52 bits per heavy atom. The molecule has 0 saturated carbocycles. The van der Waals surface area contributed by atoms with Crippen LogP contribution in [-0.4, -0.2) is 35.7 Å². The topological polar surface area (TPSA) is 66.8 Å². The van der Waals surface area contributed by atoms with Crippen LogP contribution in [0, 0.1) is 11.8 Å². The molecule has 3 rings (SSSR count). The Morgan fingerprint density at radius 1 is 1.19 bits per heavy atom. The fourth-order valence-corrected chi connectivity index (χ4v) is 2.62. The second-order valence-electron chi connectivity index (χ2n) is 5.00. The first kappa shape index (κ1) is 13.8. The number of aliphatic hydroxyl groups is 1. The number of aliphatic hydroxyl groups excluding tert-OH is 1. The Balaban J connectivity index is 1.98. The van der Waals surface area contributed by atoms with E-state index in [1.807, 2.05) is 0 Å². The van der Waals surface area contributed by atoms with Gasteiger partial charge in [-0.25, -0.2) is 4.90 Å². The summed E-state index contributed by atoms with van der Waals surface area (Å²) in [4.78, 5) is 25.9. The molecule has 1 aromatic carbocycles. The van der Waals surface area contributed by atoms with Crippen LogP contribution in [0.25, 0.3) is 0 Å². The van der Waals surface area contributed by atoms with Crippen molar-refractivity contribution in [2.24, 2.45) is 0 Å². The maximum Gasteiger partial charge on any atom is 0.263 e. The first-order valence-corrected chi connectivity index (χ1v) is 6.94. The lowest BCUT2D eigenvalue weighted by molar-refractivity contribution is -0.146. The molecular weight excluding hydrogens is 270 g/mol. The average Bonchev–Trinajstić information content (AvgIpc) is 2.94. The molecule has 2 heterocycles. The zero-order valence-electron chi connectivity index (χ0n) is 11.4. The lowest BCUT2D eigenvalue weighted by Gasteiger charge is -2.30. The van der Waals surface area contributed by atoms with Crippen molar-refractivity contribution in [3.05, 3.63) is 29.8 Å². The third-order valence-electron chi connectivity index (χ3n) is 3.62. The van der Waals surface area contributed by atoms with Gasteiger partial charge in [-0.05, 0) is 25.0 Å². The number of ether oxygens (including phenoxy) is 1. The molecule has 21 heavy (non-hydrogen) atoms. The maximum absolute atomic E-state index is 12.4. The minimum Gasteiger partial charge on any atom is -0.395 e. The summed E-state index contributed by atoms with van der Waals surface area (Å²) in [5.41, 5.74) is 1.10. The van der Waals surface area contributed by atoms with E-state index in [9.17, 15) is 9.59 Å². The largest absolute Gasteiger partial charge is 0.395 e. The number of nitrogens with zero attached hydrogens (tertiary/aromatic N) is 1. The molecule has 2 amide bonds. The molecular formula is C16H15NO4. The standard InChI is InChI=1S/C16H15NO4/c18-10-4-3-6-11-5-1-2-7-12(11)17-15(19)13-8-9-14(21-13)16(17)20/h1-2,5,7,13-14,18H,4,8-10H2. The Hall–Kier alpha value is -2.16. The van der Waals surface area contributed by atoms with Gasteiger partial charge in [0, 0.05) is 12.0 Å². The summed E-state index contributed by atoms with van der Waals surface area (Å²) in [7, 11) is 0. The second kappa shape index (κ2) is 5.68. The molecule has 2 saturated heterocycles. The SMILES string of the molecule is O=C1C2CCC(O2)C(=O)N1c1ccccc1C#CCCO. The fraction of sp³-hybridized carbons (Fsp3) is 0.375. The van der Waals surface area contributed by atoms with Crippen LogP contribution in [0.2, 0.25) is 0 Å². The Bertz CT molecular complexity index is 621. The number of para-hydroxylation sites is 1. The molecule has 2 bridgehead atoms. The van der Waals surface area contributed by atoms with Crippen LogP contribution >= 0.6 is 0 Å². The summed E-state index contributed by atoms with van der Waals surface area (Å²) < 4.78 is 5.40. The number of rotatable bonds is 2. The van der Waals surface area contributed by atoms with Crippen LogP contribution in [0.15, 0.2) is 24.3 Å². The van der Waals surface area contributed by atoms with E-state index in [2.05, 4.69) is 11.8 Å². The number of benzene rings is 1. The number of fused-ring (bicyclic) bond motifs is 2. The smallest absolute Gasteiger partial charge is 0.263 e. The van der Waals surface area contributed by atoms with E-state index in [1.165, 1.54) is 4.90 Å². The second-order valence-corrected chi connectivity index (χ2v) is 5.00. The van der Waals surface area contributed by atoms with Crippen LogP contribution in [0.3, 0.4) is 0 Å². The molecule has 5 nitrogen and oxygen atoms in total. The van der Waals surface area contributed by atoms with Gasteiger partial charge >= 0.3 is 0 Å². The van der Waals surface area contributed by atoms with Gasteiger partial charge in [0.25, 0.3) is 11.8 Å². The molecule has 0 spiro atoms. The molecule has 2 aliphatic rings. The number of hydrogen-bond donors (Lipinski definition) is 1. The first-order chi connectivity index (χ1) is 10.2. The van der Waals surface area contributed by atoms with Crippen LogP contribution < -0.4 is 4.90 Å². The van der Waals surface area contributed by atoms with E-state index in [0.717, 1.165) is 0 Å². The van der Waals surface area contributed by atoms with Gasteiger partial charge in [-0.15, -0.1) is 0 Å². The highest BCUT2D eigenvalue weighted by molar-refractivity contribution is 6.20. The lowest BCUT2D eigenvalue weighted by Crippen LogP contribution is -2.52. The highest BCUT2D eigenvalue weighted by Gasteiger charge is 2.47. The molecule has 2 atom stereocenters. The molecule has 0 aliphatic carbocycles. The maximum atomic E-state index is 12.4. The van der Waals surface area contributed by atoms with Crippen LogP contribution in [0.1, 0.15) is 24.8 Å². The molecule has 2 unspecified atom stereocenters. The Morgan fingerprint density at radius 2 is 1.86 bits per heavy atom. The van der Waals surface area contributed by atoms with Crippen molar-refractivity contribution in [3.8, 4) is 11.8 Å². The summed E-state index contributed by atoms with van der Waals surface area (Å²) >= 11 is 0. The molecule has 0 aromatic heterocycles. The third-order valence-corrected chi connectivity index (χ3v) is 3.62. The number of amides is 2. The number of morpholine rings is 1. The minimum atomic E-state index is -0.522. The van der Waals surface area contributed by atoms with Crippen molar-refractivity contribution in [2.45, 2.75) is 31.5 Å². The predicted octanol–water partition coefficient (Wildman–Crippen LogP) is 0.841. The zero-order valence-corrected chi connectivity index (χ0v) is 11.4. The summed E-state index contributed by atoms with van der Waals surface area (Å²) in [6.45, 7) is -0.0191. The normalized spacial score (nSPS) is 24.0. The van der Waals surface area contributed by atoms with Crippen molar-refractivity contribution in [2.75, 3.05) is 11.5 Å². The molecule has 0 radical (unpaired) electrons. The average molecular weight is 285 g/mol.